The Kier molecular flexibility index (Phi) is 3.90. The van der Waals surface area contributed by atoms with Crippen LogP contribution in [0.25, 0.3) is 0 Å². The second-order valence-corrected chi connectivity index (χ2v) is 4.57. The summed E-state index contributed by atoms with van der Waals surface area (Å²) in [4.78, 5) is 28.0. The minimum Gasteiger partial charge on any atom is -0.297 e. The molecule has 4 heteroatoms. The summed E-state index contributed by atoms with van der Waals surface area (Å²) in [5.41, 5.74) is 1.46. The molecule has 98 valence electrons. The molecule has 0 saturated carbocycles. The van der Waals surface area contributed by atoms with E-state index in [0.717, 1.165) is 5.56 Å². The Labute approximate surface area is 111 Å². The number of hydrogen-bond acceptors (Lipinski definition) is 3. The highest BCUT2D eigenvalue weighted by molar-refractivity contribution is 5.80. The first-order valence-corrected chi connectivity index (χ1v) is 6.17. The van der Waals surface area contributed by atoms with Crippen molar-refractivity contribution in [2.45, 2.75) is 26.8 Å². The van der Waals surface area contributed by atoms with Crippen molar-refractivity contribution in [1.29, 1.82) is 0 Å². The molecule has 0 N–H and O–H groups in total. The summed E-state index contributed by atoms with van der Waals surface area (Å²) >= 11 is 0. The topological polar surface area (TPSA) is 52.0 Å². The van der Waals surface area contributed by atoms with E-state index in [2.05, 4.69) is 4.98 Å². The van der Waals surface area contributed by atoms with Gasteiger partial charge in [-0.15, -0.1) is 0 Å². The molecule has 0 fully saturated rings. The zero-order chi connectivity index (χ0) is 13.8. The molecule has 4 nitrogen and oxygen atoms in total. The Morgan fingerprint density at radius 1 is 1.21 bits per heavy atom. The normalized spacial score (nSPS) is 10.4. The van der Waals surface area contributed by atoms with Crippen LogP contribution in [-0.4, -0.2) is 15.3 Å². The molecule has 0 spiro atoms. The molecule has 0 amide bonds. The Balaban J connectivity index is 2.14. The predicted octanol–water partition coefficient (Wildman–Crippen LogP) is 1.67. The van der Waals surface area contributed by atoms with Crippen LogP contribution in [0.2, 0.25) is 0 Å². The molecule has 2 aromatic rings. The smallest absolute Gasteiger partial charge is 0.254 e. The molecule has 0 bridgehead atoms. The monoisotopic (exact) mass is 256 g/mol. The van der Waals surface area contributed by atoms with Crippen molar-refractivity contribution in [1.82, 2.24) is 9.55 Å². The molecule has 0 saturated heterocycles. The standard InChI is InChI=1S/C15H16N2O2/c1-11-8-15(19)17(12(2)16-11)10-14(18)9-13-6-4-3-5-7-13/h3-8H,9-10H2,1-2H3. The van der Waals surface area contributed by atoms with Crippen LogP contribution in [0.4, 0.5) is 0 Å². The Morgan fingerprint density at radius 3 is 2.53 bits per heavy atom. The summed E-state index contributed by atoms with van der Waals surface area (Å²) in [7, 11) is 0. The summed E-state index contributed by atoms with van der Waals surface area (Å²) in [6.07, 6.45) is 0.334. The quantitative estimate of drug-likeness (QED) is 0.836. The Hall–Kier alpha value is -2.23. The Morgan fingerprint density at radius 2 is 1.89 bits per heavy atom. The summed E-state index contributed by atoms with van der Waals surface area (Å²) in [6.45, 7) is 3.58. The van der Waals surface area contributed by atoms with Crippen LogP contribution in [0, 0.1) is 13.8 Å². The molecule has 1 aromatic carbocycles. The number of carbonyl (C=O) groups excluding carboxylic acids is 1. The molecule has 0 unspecified atom stereocenters. The summed E-state index contributed by atoms with van der Waals surface area (Å²) in [5.74, 6) is 0.577. The van der Waals surface area contributed by atoms with Gasteiger partial charge in [-0.2, -0.15) is 0 Å². The summed E-state index contributed by atoms with van der Waals surface area (Å²) in [6, 6.07) is 11.0. The number of Topliss-reactive ketones (excluding diaryl/α,β-unsaturated/α-hetero) is 1. The van der Waals surface area contributed by atoms with Crippen LogP contribution < -0.4 is 5.56 Å². The average Bonchev–Trinajstić information content (AvgIpc) is 2.35. The number of carbonyl (C=O) groups is 1. The molecule has 2 rings (SSSR count). The first kappa shape index (κ1) is 13.2. The lowest BCUT2D eigenvalue weighted by molar-refractivity contribution is -0.119. The minimum atomic E-state index is -0.175. The molecule has 0 aliphatic carbocycles. The number of aromatic nitrogens is 2. The number of benzene rings is 1. The van der Waals surface area contributed by atoms with Crippen LogP contribution in [0.15, 0.2) is 41.2 Å². The van der Waals surface area contributed by atoms with Crippen LogP contribution >= 0.6 is 0 Å². The third kappa shape index (κ3) is 3.37. The fourth-order valence-corrected chi connectivity index (χ4v) is 2.01. The third-order valence-electron chi connectivity index (χ3n) is 2.91. The van der Waals surface area contributed by atoms with Crippen molar-refractivity contribution in [3.8, 4) is 0 Å². The number of rotatable bonds is 4. The molecular weight excluding hydrogens is 240 g/mol. The lowest BCUT2D eigenvalue weighted by atomic mass is 10.1. The lowest BCUT2D eigenvalue weighted by Crippen LogP contribution is -2.27. The molecular formula is C15H16N2O2. The highest BCUT2D eigenvalue weighted by Crippen LogP contribution is 2.02. The second kappa shape index (κ2) is 5.61. The van der Waals surface area contributed by atoms with Gasteiger partial charge in [0.05, 0.1) is 6.54 Å². The van der Waals surface area contributed by atoms with Gasteiger partial charge in [0.15, 0.2) is 5.78 Å². The van der Waals surface area contributed by atoms with Crippen LogP contribution in [-0.2, 0) is 17.8 Å². The fourth-order valence-electron chi connectivity index (χ4n) is 2.01. The van der Waals surface area contributed by atoms with E-state index >= 15 is 0 Å². The van der Waals surface area contributed by atoms with Crippen molar-refractivity contribution in [3.05, 3.63) is 63.8 Å². The average molecular weight is 256 g/mol. The molecule has 0 aliphatic heterocycles. The van der Waals surface area contributed by atoms with E-state index < -0.39 is 0 Å². The van der Waals surface area contributed by atoms with Gasteiger partial charge in [-0.1, -0.05) is 30.3 Å². The zero-order valence-electron chi connectivity index (χ0n) is 11.1. The van der Waals surface area contributed by atoms with Gasteiger partial charge in [-0.3, -0.25) is 14.2 Å². The largest absolute Gasteiger partial charge is 0.297 e. The Bertz CT molecular complexity index is 645. The summed E-state index contributed by atoms with van der Waals surface area (Å²) < 4.78 is 1.41. The predicted molar refractivity (Wildman–Crippen MR) is 73.1 cm³/mol. The maximum absolute atomic E-state index is 12.0. The van der Waals surface area contributed by atoms with Gasteiger partial charge in [0, 0.05) is 18.2 Å². The summed E-state index contributed by atoms with van der Waals surface area (Å²) in [5, 5.41) is 0. The fraction of sp³-hybridized carbons (Fsp3) is 0.267. The van der Waals surface area contributed by atoms with Crippen molar-refractivity contribution >= 4 is 5.78 Å². The van der Waals surface area contributed by atoms with E-state index in [4.69, 9.17) is 0 Å². The van der Waals surface area contributed by atoms with Crippen molar-refractivity contribution in [2.24, 2.45) is 0 Å². The SMILES string of the molecule is Cc1cc(=O)n(CC(=O)Cc2ccccc2)c(C)n1. The molecule has 0 aliphatic rings. The number of aryl methyl sites for hydroxylation is 2. The first-order valence-electron chi connectivity index (χ1n) is 6.17. The van der Waals surface area contributed by atoms with Gasteiger partial charge < -0.3 is 0 Å². The van der Waals surface area contributed by atoms with E-state index in [1.54, 1.807) is 13.8 Å². The molecule has 0 atom stereocenters. The maximum Gasteiger partial charge on any atom is 0.254 e. The lowest BCUT2D eigenvalue weighted by Gasteiger charge is -2.08. The third-order valence-corrected chi connectivity index (χ3v) is 2.91. The van der Waals surface area contributed by atoms with Gasteiger partial charge in [0.1, 0.15) is 5.82 Å². The maximum atomic E-state index is 12.0. The van der Waals surface area contributed by atoms with Crippen LogP contribution in [0.1, 0.15) is 17.1 Å². The van der Waals surface area contributed by atoms with Crippen molar-refractivity contribution < 1.29 is 4.79 Å². The number of nitrogens with zero attached hydrogens (tertiary/aromatic N) is 2. The van der Waals surface area contributed by atoms with Crippen LogP contribution in [0.3, 0.4) is 0 Å². The highest BCUT2D eigenvalue weighted by atomic mass is 16.1. The molecule has 1 heterocycles. The van der Waals surface area contributed by atoms with Gasteiger partial charge in [0.2, 0.25) is 0 Å². The zero-order valence-corrected chi connectivity index (χ0v) is 11.1. The first-order chi connectivity index (χ1) is 9.06. The van der Waals surface area contributed by atoms with E-state index in [1.165, 1.54) is 10.6 Å². The highest BCUT2D eigenvalue weighted by Gasteiger charge is 2.09. The van der Waals surface area contributed by atoms with Crippen molar-refractivity contribution in [2.75, 3.05) is 0 Å². The molecule has 19 heavy (non-hydrogen) atoms. The van der Waals surface area contributed by atoms with Gasteiger partial charge in [-0.05, 0) is 19.4 Å². The second-order valence-electron chi connectivity index (χ2n) is 4.57. The molecule has 1 aromatic heterocycles. The van der Waals surface area contributed by atoms with E-state index in [0.29, 0.717) is 17.9 Å². The van der Waals surface area contributed by atoms with E-state index in [9.17, 15) is 9.59 Å². The van der Waals surface area contributed by atoms with Crippen LogP contribution in [0.5, 0.6) is 0 Å². The van der Waals surface area contributed by atoms with E-state index in [-0.39, 0.29) is 17.9 Å². The van der Waals surface area contributed by atoms with Crippen molar-refractivity contribution in [3.63, 3.8) is 0 Å². The number of ketones is 1. The van der Waals surface area contributed by atoms with Gasteiger partial charge in [-0.25, -0.2) is 4.98 Å². The van der Waals surface area contributed by atoms with Gasteiger partial charge in [0.25, 0.3) is 5.56 Å². The molecule has 0 radical (unpaired) electrons. The van der Waals surface area contributed by atoms with E-state index in [1.807, 2.05) is 30.3 Å². The minimum absolute atomic E-state index is 0.00190. The van der Waals surface area contributed by atoms with Gasteiger partial charge >= 0.3 is 0 Å². The number of hydrogen-bond donors (Lipinski definition) is 0.